The Hall–Kier alpha value is -1.91. The smallest absolute Gasteiger partial charge is 0.200 e. The topological polar surface area (TPSA) is 0 Å². The second kappa shape index (κ2) is 5.23. The first-order valence-electron chi connectivity index (χ1n) is 5.89. The van der Waals surface area contributed by atoms with Gasteiger partial charge in [-0.05, 0) is 25.0 Å². The van der Waals surface area contributed by atoms with Crippen LogP contribution in [-0.2, 0) is 6.42 Å². The van der Waals surface area contributed by atoms with Crippen LogP contribution in [0.3, 0.4) is 0 Å². The van der Waals surface area contributed by atoms with E-state index in [-0.39, 0.29) is 6.42 Å². The predicted octanol–water partition coefficient (Wildman–Crippen LogP) is 4.59. The summed E-state index contributed by atoms with van der Waals surface area (Å²) < 4.78 is 66.4. The highest BCUT2D eigenvalue weighted by molar-refractivity contribution is 5.36. The van der Waals surface area contributed by atoms with E-state index in [4.69, 9.17) is 0 Å². The third-order valence-electron chi connectivity index (χ3n) is 3.17. The largest absolute Gasteiger partial charge is 0.203 e. The van der Waals surface area contributed by atoms with E-state index in [1.807, 2.05) is 0 Å². The molecule has 2 aromatic rings. The zero-order chi connectivity index (χ0) is 15.0. The lowest BCUT2D eigenvalue weighted by Gasteiger charge is -2.11. The average Bonchev–Trinajstić information content (AvgIpc) is 2.43. The summed E-state index contributed by atoms with van der Waals surface area (Å²) in [4.78, 5) is 0. The molecule has 0 aliphatic rings. The molecule has 0 aliphatic heterocycles. The van der Waals surface area contributed by atoms with E-state index in [1.165, 1.54) is 0 Å². The SMILES string of the molecule is Cc1ccc(C)c(Cc2c(F)c(F)c(F)c(F)c2F)c1. The van der Waals surface area contributed by atoms with Crippen molar-refractivity contribution in [2.24, 2.45) is 0 Å². The fraction of sp³-hybridized carbons (Fsp3) is 0.200. The van der Waals surface area contributed by atoms with Crippen molar-refractivity contribution in [3.05, 3.63) is 69.5 Å². The van der Waals surface area contributed by atoms with Gasteiger partial charge < -0.3 is 0 Å². The molecule has 0 N–H and O–H groups in total. The second-order valence-electron chi connectivity index (χ2n) is 4.66. The minimum absolute atomic E-state index is 0.348. The molecule has 0 saturated heterocycles. The summed E-state index contributed by atoms with van der Waals surface area (Å²) >= 11 is 0. The first-order chi connectivity index (χ1) is 9.32. The van der Waals surface area contributed by atoms with Gasteiger partial charge in [-0.1, -0.05) is 23.8 Å². The average molecular weight is 286 g/mol. The molecule has 0 nitrogen and oxygen atoms in total. The fourth-order valence-electron chi connectivity index (χ4n) is 1.99. The second-order valence-corrected chi connectivity index (χ2v) is 4.66. The summed E-state index contributed by atoms with van der Waals surface area (Å²) in [5, 5.41) is 0. The van der Waals surface area contributed by atoms with Crippen LogP contribution >= 0.6 is 0 Å². The van der Waals surface area contributed by atoms with Crippen molar-refractivity contribution in [1.82, 2.24) is 0 Å². The number of hydrogen-bond acceptors (Lipinski definition) is 0. The van der Waals surface area contributed by atoms with Gasteiger partial charge in [0.1, 0.15) is 0 Å². The van der Waals surface area contributed by atoms with Gasteiger partial charge in [-0.3, -0.25) is 0 Å². The van der Waals surface area contributed by atoms with Crippen molar-refractivity contribution >= 4 is 0 Å². The van der Waals surface area contributed by atoms with Crippen LogP contribution in [0.15, 0.2) is 18.2 Å². The number of rotatable bonds is 2. The minimum Gasteiger partial charge on any atom is -0.203 e. The quantitative estimate of drug-likeness (QED) is 0.430. The Morgan fingerprint density at radius 2 is 1.25 bits per heavy atom. The van der Waals surface area contributed by atoms with Gasteiger partial charge in [-0.25, -0.2) is 22.0 Å². The Balaban J connectivity index is 2.57. The minimum atomic E-state index is -2.13. The van der Waals surface area contributed by atoms with E-state index in [0.29, 0.717) is 5.56 Å². The van der Waals surface area contributed by atoms with Crippen molar-refractivity contribution in [3.63, 3.8) is 0 Å². The predicted molar refractivity (Wildman–Crippen MR) is 65.0 cm³/mol. The molecule has 0 fully saturated rings. The molecule has 20 heavy (non-hydrogen) atoms. The lowest BCUT2D eigenvalue weighted by molar-refractivity contribution is 0.371. The van der Waals surface area contributed by atoms with Gasteiger partial charge in [0.25, 0.3) is 0 Å². The molecule has 0 aromatic heterocycles. The lowest BCUT2D eigenvalue weighted by atomic mass is 9.97. The standard InChI is InChI=1S/C15H11F5/c1-7-3-4-8(2)9(5-7)6-10-11(16)13(18)15(20)14(19)12(10)17/h3-5H,6H2,1-2H3. The first-order valence-corrected chi connectivity index (χ1v) is 5.89. The van der Waals surface area contributed by atoms with Gasteiger partial charge in [0, 0.05) is 12.0 Å². The van der Waals surface area contributed by atoms with E-state index in [1.54, 1.807) is 32.0 Å². The van der Waals surface area contributed by atoms with E-state index in [9.17, 15) is 22.0 Å². The molecule has 0 spiro atoms. The third-order valence-corrected chi connectivity index (χ3v) is 3.17. The van der Waals surface area contributed by atoms with Crippen LogP contribution in [0.5, 0.6) is 0 Å². The molecule has 2 aromatic carbocycles. The molecule has 0 bridgehead atoms. The first kappa shape index (κ1) is 14.5. The van der Waals surface area contributed by atoms with E-state index < -0.39 is 34.6 Å². The Morgan fingerprint density at radius 3 is 1.80 bits per heavy atom. The molecule has 0 amide bonds. The van der Waals surface area contributed by atoms with Crippen LogP contribution in [0.25, 0.3) is 0 Å². The van der Waals surface area contributed by atoms with E-state index in [0.717, 1.165) is 11.1 Å². The van der Waals surface area contributed by atoms with Crippen molar-refractivity contribution in [2.75, 3.05) is 0 Å². The van der Waals surface area contributed by atoms with Crippen LogP contribution in [-0.4, -0.2) is 0 Å². The van der Waals surface area contributed by atoms with Gasteiger partial charge in [-0.15, -0.1) is 0 Å². The van der Waals surface area contributed by atoms with Crippen LogP contribution < -0.4 is 0 Å². The van der Waals surface area contributed by atoms with Crippen molar-refractivity contribution in [1.29, 1.82) is 0 Å². The summed E-state index contributed by atoms with van der Waals surface area (Å²) in [5.41, 5.74) is 1.28. The fourth-order valence-corrected chi connectivity index (χ4v) is 1.99. The molecular formula is C15H11F5. The molecule has 0 unspecified atom stereocenters. The Kier molecular flexibility index (Phi) is 3.79. The van der Waals surface area contributed by atoms with Gasteiger partial charge in [0.15, 0.2) is 23.3 Å². The van der Waals surface area contributed by atoms with Gasteiger partial charge in [0.2, 0.25) is 5.82 Å². The molecule has 0 atom stereocenters. The molecule has 0 radical (unpaired) electrons. The molecular weight excluding hydrogens is 275 g/mol. The van der Waals surface area contributed by atoms with Crippen molar-refractivity contribution < 1.29 is 22.0 Å². The maximum atomic E-state index is 13.6. The Bertz CT molecular complexity index is 647. The zero-order valence-electron chi connectivity index (χ0n) is 10.8. The summed E-state index contributed by atoms with van der Waals surface area (Å²) in [7, 11) is 0. The van der Waals surface area contributed by atoms with Crippen LogP contribution in [0.2, 0.25) is 0 Å². The lowest BCUT2D eigenvalue weighted by Crippen LogP contribution is -2.08. The van der Waals surface area contributed by atoms with Crippen molar-refractivity contribution in [2.45, 2.75) is 20.3 Å². The van der Waals surface area contributed by atoms with Crippen molar-refractivity contribution in [3.8, 4) is 0 Å². The molecule has 106 valence electrons. The normalized spacial score (nSPS) is 10.9. The molecule has 0 saturated carbocycles. The van der Waals surface area contributed by atoms with Crippen LogP contribution in [0, 0.1) is 42.9 Å². The number of halogens is 5. The van der Waals surface area contributed by atoms with Gasteiger partial charge >= 0.3 is 0 Å². The third kappa shape index (κ3) is 2.40. The number of benzene rings is 2. The summed E-state index contributed by atoms with van der Waals surface area (Å²) in [6.45, 7) is 3.49. The Labute approximate surface area is 112 Å². The summed E-state index contributed by atoms with van der Waals surface area (Å²) in [5.74, 6) is -9.51. The molecule has 5 heteroatoms. The number of aryl methyl sites for hydroxylation is 2. The summed E-state index contributed by atoms with van der Waals surface area (Å²) in [6, 6.07) is 5.20. The summed E-state index contributed by atoms with van der Waals surface area (Å²) in [6.07, 6.45) is -0.348. The molecule has 0 heterocycles. The van der Waals surface area contributed by atoms with E-state index >= 15 is 0 Å². The molecule has 2 rings (SSSR count). The van der Waals surface area contributed by atoms with Gasteiger partial charge in [-0.2, -0.15) is 0 Å². The Morgan fingerprint density at radius 1 is 0.750 bits per heavy atom. The monoisotopic (exact) mass is 286 g/mol. The van der Waals surface area contributed by atoms with Gasteiger partial charge in [0.05, 0.1) is 0 Å². The highest BCUT2D eigenvalue weighted by atomic mass is 19.2. The van der Waals surface area contributed by atoms with Crippen LogP contribution in [0.4, 0.5) is 22.0 Å². The highest BCUT2D eigenvalue weighted by Gasteiger charge is 2.25. The maximum absolute atomic E-state index is 13.6. The highest BCUT2D eigenvalue weighted by Crippen LogP contribution is 2.26. The maximum Gasteiger partial charge on any atom is 0.200 e. The molecule has 0 aliphatic carbocycles. The number of hydrogen-bond donors (Lipinski definition) is 0. The zero-order valence-corrected chi connectivity index (χ0v) is 10.8. The van der Waals surface area contributed by atoms with Crippen LogP contribution in [0.1, 0.15) is 22.3 Å². The van der Waals surface area contributed by atoms with E-state index in [2.05, 4.69) is 0 Å².